The van der Waals surface area contributed by atoms with Crippen LogP contribution >= 0.6 is 7.60 Å². The van der Waals surface area contributed by atoms with Gasteiger partial charge in [-0.15, -0.1) is 0 Å². The molecule has 0 aliphatic heterocycles. The van der Waals surface area contributed by atoms with E-state index in [0.717, 1.165) is 11.0 Å². The summed E-state index contributed by atoms with van der Waals surface area (Å²) in [6.45, 7) is 4.46. The van der Waals surface area contributed by atoms with E-state index in [0.29, 0.717) is 30.5 Å². The Balaban J connectivity index is 2.07. The van der Waals surface area contributed by atoms with Gasteiger partial charge in [-0.05, 0) is 50.2 Å². The number of halogens is 2. The predicted molar refractivity (Wildman–Crippen MR) is 95.1 cm³/mol. The molecule has 0 unspecified atom stereocenters. The maximum atomic E-state index is 13.7. The lowest BCUT2D eigenvalue weighted by molar-refractivity contribution is 0.219. The Morgan fingerprint density at radius 1 is 0.920 bits per heavy atom. The first-order chi connectivity index (χ1) is 12.0. The standard InChI is InChI=1S/C18H20F2NO3P/c1-3-23-25(22,24-4-2)10-9-21-17-7-5-13(19)11-15(17)16-12-14(20)6-8-18(16)21/h5-8,11-12H,3-4,9-10H2,1-2H3. The summed E-state index contributed by atoms with van der Waals surface area (Å²) in [6.07, 6.45) is 0.183. The number of hydrogen-bond donors (Lipinski definition) is 0. The minimum Gasteiger partial charge on any atom is -0.340 e. The Morgan fingerprint density at radius 3 is 1.84 bits per heavy atom. The average Bonchev–Trinajstić information content (AvgIpc) is 2.86. The van der Waals surface area contributed by atoms with Crippen molar-refractivity contribution in [3.63, 3.8) is 0 Å². The molecule has 0 bridgehead atoms. The van der Waals surface area contributed by atoms with E-state index in [1.54, 1.807) is 26.0 Å². The summed E-state index contributed by atoms with van der Waals surface area (Å²) in [4.78, 5) is 0. The van der Waals surface area contributed by atoms with Gasteiger partial charge in [0, 0.05) is 28.4 Å². The first-order valence-corrected chi connectivity index (χ1v) is 9.95. The van der Waals surface area contributed by atoms with Crippen molar-refractivity contribution in [1.82, 2.24) is 4.57 Å². The van der Waals surface area contributed by atoms with Crippen molar-refractivity contribution >= 4 is 29.4 Å². The van der Waals surface area contributed by atoms with E-state index in [2.05, 4.69) is 0 Å². The van der Waals surface area contributed by atoms with Gasteiger partial charge >= 0.3 is 7.60 Å². The van der Waals surface area contributed by atoms with Crippen LogP contribution in [0.3, 0.4) is 0 Å². The quantitative estimate of drug-likeness (QED) is 0.529. The van der Waals surface area contributed by atoms with Gasteiger partial charge in [-0.3, -0.25) is 4.57 Å². The zero-order valence-electron chi connectivity index (χ0n) is 14.2. The molecule has 3 rings (SSSR count). The predicted octanol–water partition coefficient (Wildman–Crippen LogP) is 5.34. The zero-order valence-corrected chi connectivity index (χ0v) is 15.1. The molecule has 0 saturated heterocycles. The van der Waals surface area contributed by atoms with E-state index in [1.165, 1.54) is 24.3 Å². The van der Waals surface area contributed by atoms with Crippen molar-refractivity contribution in [2.45, 2.75) is 20.4 Å². The second-order valence-corrected chi connectivity index (χ2v) is 7.83. The third kappa shape index (κ3) is 3.61. The number of fused-ring (bicyclic) bond motifs is 3. The van der Waals surface area contributed by atoms with E-state index < -0.39 is 7.60 Å². The molecule has 0 saturated carbocycles. The van der Waals surface area contributed by atoms with Crippen molar-refractivity contribution in [3.8, 4) is 0 Å². The summed E-state index contributed by atoms with van der Waals surface area (Å²) in [5.74, 6) is -0.768. The van der Waals surface area contributed by atoms with E-state index in [1.807, 2.05) is 4.57 Å². The lowest BCUT2D eigenvalue weighted by atomic mass is 10.1. The molecule has 0 spiro atoms. The number of aryl methyl sites for hydroxylation is 1. The van der Waals surface area contributed by atoms with E-state index in [9.17, 15) is 13.3 Å². The molecule has 0 amide bonds. The van der Waals surface area contributed by atoms with Crippen molar-refractivity contribution in [2.75, 3.05) is 19.4 Å². The summed E-state index contributed by atoms with van der Waals surface area (Å²) in [6, 6.07) is 8.79. The molecule has 0 atom stereocenters. The largest absolute Gasteiger partial charge is 0.340 e. The molecular formula is C18H20F2NO3P. The number of aromatic nitrogens is 1. The van der Waals surface area contributed by atoms with Crippen LogP contribution < -0.4 is 0 Å². The molecule has 0 aliphatic carbocycles. The molecule has 1 heterocycles. The molecule has 7 heteroatoms. The zero-order chi connectivity index (χ0) is 18.0. The maximum absolute atomic E-state index is 13.7. The Morgan fingerprint density at radius 2 is 1.40 bits per heavy atom. The van der Waals surface area contributed by atoms with Crippen molar-refractivity contribution in [1.29, 1.82) is 0 Å². The minimum absolute atomic E-state index is 0.183. The van der Waals surface area contributed by atoms with E-state index >= 15 is 0 Å². The Kier molecular flexibility index (Phi) is 5.23. The van der Waals surface area contributed by atoms with Crippen molar-refractivity contribution in [2.24, 2.45) is 0 Å². The van der Waals surface area contributed by atoms with Crippen molar-refractivity contribution < 1.29 is 22.4 Å². The SMILES string of the molecule is CCOP(=O)(CCn1c2ccc(F)cc2c2cc(F)ccc21)OCC. The highest BCUT2D eigenvalue weighted by molar-refractivity contribution is 7.53. The Bertz CT molecular complexity index is 885. The van der Waals surface area contributed by atoms with Crippen LogP contribution in [0, 0.1) is 11.6 Å². The Hall–Kier alpha value is -1.75. The van der Waals surface area contributed by atoms with Gasteiger partial charge in [0.25, 0.3) is 0 Å². The van der Waals surface area contributed by atoms with Gasteiger partial charge < -0.3 is 13.6 Å². The highest BCUT2D eigenvalue weighted by Crippen LogP contribution is 2.48. The van der Waals surface area contributed by atoms with Crippen LogP contribution in [0.15, 0.2) is 36.4 Å². The molecule has 25 heavy (non-hydrogen) atoms. The molecular weight excluding hydrogens is 347 g/mol. The molecule has 4 nitrogen and oxygen atoms in total. The fraction of sp³-hybridized carbons (Fsp3) is 0.333. The summed E-state index contributed by atoms with van der Waals surface area (Å²) in [5, 5.41) is 1.24. The fourth-order valence-electron chi connectivity index (χ4n) is 3.07. The van der Waals surface area contributed by atoms with Crippen LogP contribution in [0.25, 0.3) is 21.8 Å². The van der Waals surface area contributed by atoms with Crippen LogP contribution in [-0.2, 0) is 20.2 Å². The van der Waals surface area contributed by atoms with Gasteiger partial charge in [0.1, 0.15) is 11.6 Å². The second kappa shape index (κ2) is 7.24. The molecule has 0 aliphatic rings. The average molecular weight is 367 g/mol. The normalized spacial score (nSPS) is 12.3. The smallest absolute Gasteiger partial charge is 0.332 e. The molecule has 0 N–H and O–H groups in total. The second-order valence-electron chi connectivity index (χ2n) is 5.64. The number of hydrogen-bond acceptors (Lipinski definition) is 3. The fourth-order valence-corrected chi connectivity index (χ4v) is 4.64. The minimum atomic E-state index is -3.20. The summed E-state index contributed by atoms with van der Waals surface area (Å²) in [5.41, 5.74) is 1.50. The first-order valence-electron chi connectivity index (χ1n) is 8.22. The molecule has 3 aromatic rings. The number of nitrogens with zero attached hydrogens (tertiary/aromatic N) is 1. The van der Waals surface area contributed by atoms with Gasteiger partial charge in [0.2, 0.25) is 0 Å². The van der Waals surface area contributed by atoms with Gasteiger partial charge in [-0.1, -0.05) is 0 Å². The monoisotopic (exact) mass is 367 g/mol. The van der Waals surface area contributed by atoms with Crippen LogP contribution in [0.4, 0.5) is 8.78 Å². The summed E-state index contributed by atoms with van der Waals surface area (Å²) < 4.78 is 52.6. The molecule has 0 fully saturated rings. The van der Waals surface area contributed by atoms with Crippen LogP contribution in [0.2, 0.25) is 0 Å². The van der Waals surface area contributed by atoms with E-state index in [-0.39, 0.29) is 17.8 Å². The summed E-state index contributed by atoms with van der Waals surface area (Å²) >= 11 is 0. The van der Waals surface area contributed by atoms with Gasteiger partial charge in [0.15, 0.2) is 0 Å². The molecule has 1 aromatic heterocycles. The Labute approximate surface area is 144 Å². The highest BCUT2D eigenvalue weighted by atomic mass is 31.2. The highest BCUT2D eigenvalue weighted by Gasteiger charge is 2.24. The van der Waals surface area contributed by atoms with Crippen LogP contribution in [-0.4, -0.2) is 23.9 Å². The summed E-state index contributed by atoms with van der Waals surface area (Å²) in [7, 11) is -3.20. The number of rotatable bonds is 7. The van der Waals surface area contributed by atoms with E-state index in [4.69, 9.17) is 9.05 Å². The first kappa shape index (κ1) is 18.1. The van der Waals surface area contributed by atoms with Crippen molar-refractivity contribution in [3.05, 3.63) is 48.0 Å². The third-order valence-electron chi connectivity index (χ3n) is 4.04. The molecule has 0 radical (unpaired) electrons. The van der Waals surface area contributed by atoms with Gasteiger partial charge in [-0.25, -0.2) is 8.78 Å². The van der Waals surface area contributed by atoms with Crippen LogP contribution in [0.1, 0.15) is 13.8 Å². The lowest BCUT2D eigenvalue weighted by Crippen LogP contribution is -2.07. The lowest BCUT2D eigenvalue weighted by Gasteiger charge is -2.18. The molecule has 2 aromatic carbocycles. The van der Waals surface area contributed by atoms with Gasteiger partial charge in [-0.2, -0.15) is 0 Å². The maximum Gasteiger partial charge on any atom is 0.332 e. The molecule has 134 valence electrons. The number of benzene rings is 2. The van der Waals surface area contributed by atoms with Gasteiger partial charge in [0.05, 0.1) is 19.4 Å². The topological polar surface area (TPSA) is 40.5 Å². The van der Waals surface area contributed by atoms with Crippen LogP contribution in [0.5, 0.6) is 0 Å². The third-order valence-corrected chi connectivity index (χ3v) is 6.09.